The third kappa shape index (κ3) is 3.57. The van der Waals surface area contributed by atoms with Crippen molar-refractivity contribution in [1.82, 2.24) is 9.38 Å². The van der Waals surface area contributed by atoms with Gasteiger partial charge in [-0.2, -0.15) is 0 Å². The fourth-order valence-electron chi connectivity index (χ4n) is 2.08. The van der Waals surface area contributed by atoms with Crippen molar-refractivity contribution in [1.29, 1.82) is 0 Å². The Morgan fingerprint density at radius 2 is 2.04 bits per heavy atom. The first-order chi connectivity index (χ1) is 11.2. The van der Waals surface area contributed by atoms with E-state index in [1.165, 1.54) is 18.4 Å². The largest absolute Gasteiger partial charge is 0.465 e. The van der Waals surface area contributed by atoms with E-state index in [9.17, 15) is 9.59 Å². The highest BCUT2D eigenvalue weighted by molar-refractivity contribution is 7.15. The Morgan fingerprint density at radius 1 is 1.26 bits per heavy atom. The third-order valence-electron chi connectivity index (χ3n) is 3.24. The number of thiazole rings is 1. The minimum atomic E-state index is -0.395. The minimum Gasteiger partial charge on any atom is -0.465 e. The molecule has 0 aliphatic carbocycles. The monoisotopic (exact) mass is 330 g/mol. The molecule has 0 amide bonds. The Kier molecular flexibility index (Phi) is 4.38. The minimum absolute atomic E-state index is 0.134. The van der Waals surface area contributed by atoms with Gasteiger partial charge in [0.25, 0.3) is 0 Å². The van der Waals surface area contributed by atoms with E-state index < -0.39 is 5.97 Å². The summed E-state index contributed by atoms with van der Waals surface area (Å²) in [6.45, 7) is 0.155. The van der Waals surface area contributed by atoms with E-state index in [1.807, 2.05) is 22.2 Å². The van der Waals surface area contributed by atoms with Gasteiger partial charge >= 0.3 is 11.9 Å². The summed E-state index contributed by atoms with van der Waals surface area (Å²) in [6, 6.07) is 6.73. The molecule has 23 heavy (non-hydrogen) atoms. The van der Waals surface area contributed by atoms with Gasteiger partial charge < -0.3 is 9.47 Å². The molecule has 2 aromatic heterocycles. The second-order valence-corrected chi connectivity index (χ2v) is 5.72. The molecule has 0 radical (unpaired) electrons. The summed E-state index contributed by atoms with van der Waals surface area (Å²) in [4.78, 5) is 28.4. The van der Waals surface area contributed by atoms with Crippen LogP contribution in [0.3, 0.4) is 0 Å². The number of carbonyl (C=O) groups excluding carboxylic acids is 2. The van der Waals surface area contributed by atoms with Gasteiger partial charge in [0.05, 0.1) is 24.8 Å². The van der Waals surface area contributed by atoms with Gasteiger partial charge in [0.15, 0.2) is 4.96 Å². The van der Waals surface area contributed by atoms with E-state index >= 15 is 0 Å². The average molecular weight is 330 g/mol. The number of fused-ring (bicyclic) bond motifs is 1. The number of benzene rings is 1. The molecule has 7 heteroatoms. The van der Waals surface area contributed by atoms with Crippen LogP contribution in [0.4, 0.5) is 0 Å². The number of ether oxygens (including phenoxy) is 2. The Hall–Kier alpha value is -2.67. The molecule has 1 aromatic carbocycles. The SMILES string of the molecule is COC(=O)c1ccc(COC(=O)Cc2cn3ccsc3n2)cc1. The molecule has 0 saturated heterocycles. The molecule has 0 N–H and O–H groups in total. The summed E-state index contributed by atoms with van der Waals surface area (Å²) >= 11 is 1.51. The van der Waals surface area contributed by atoms with Crippen molar-refractivity contribution in [2.45, 2.75) is 13.0 Å². The standard InChI is InChI=1S/C16H14N2O4S/c1-21-15(20)12-4-2-11(3-5-12)10-22-14(19)8-13-9-18-6-7-23-16(18)17-13/h2-7,9H,8,10H2,1H3. The van der Waals surface area contributed by atoms with Crippen LogP contribution in [0.5, 0.6) is 0 Å². The number of aromatic nitrogens is 2. The lowest BCUT2D eigenvalue weighted by atomic mass is 10.1. The predicted molar refractivity (Wildman–Crippen MR) is 84.4 cm³/mol. The van der Waals surface area contributed by atoms with Crippen LogP contribution in [-0.2, 0) is 27.3 Å². The van der Waals surface area contributed by atoms with Gasteiger partial charge in [-0.25, -0.2) is 9.78 Å². The van der Waals surface area contributed by atoms with Gasteiger partial charge in [-0.05, 0) is 17.7 Å². The van der Waals surface area contributed by atoms with Crippen LogP contribution in [0.25, 0.3) is 4.96 Å². The summed E-state index contributed by atoms with van der Waals surface area (Å²) in [6.07, 6.45) is 3.84. The van der Waals surface area contributed by atoms with Crippen molar-refractivity contribution < 1.29 is 19.1 Å². The molecular weight excluding hydrogens is 316 g/mol. The van der Waals surface area contributed by atoms with Crippen molar-refractivity contribution in [2.75, 3.05) is 7.11 Å². The fourth-order valence-corrected chi connectivity index (χ4v) is 2.80. The molecule has 0 bridgehead atoms. The Morgan fingerprint density at radius 3 is 2.74 bits per heavy atom. The molecule has 0 atom stereocenters. The summed E-state index contributed by atoms with van der Waals surface area (Å²) in [5.41, 5.74) is 1.94. The van der Waals surface area contributed by atoms with Crippen LogP contribution in [0.1, 0.15) is 21.6 Å². The van der Waals surface area contributed by atoms with Crippen molar-refractivity contribution in [2.24, 2.45) is 0 Å². The number of methoxy groups -OCH3 is 1. The number of hydrogen-bond donors (Lipinski definition) is 0. The normalized spacial score (nSPS) is 10.7. The lowest BCUT2D eigenvalue weighted by Crippen LogP contribution is -2.08. The Bertz CT molecular complexity index is 807. The highest BCUT2D eigenvalue weighted by Gasteiger charge is 2.10. The van der Waals surface area contributed by atoms with Gasteiger partial charge in [0.2, 0.25) is 0 Å². The topological polar surface area (TPSA) is 69.9 Å². The van der Waals surface area contributed by atoms with Crippen molar-refractivity contribution in [3.05, 3.63) is 58.9 Å². The summed E-state index contributed by atoms with van der Waals surface area (Å²) < 4.78 is 11.7. The molecule has 0 spiro atoms. The van der Waals surface area contributed by atoms with E-state index in [0.29, 0.717) is 11.3 Å². The number of hydrogen-bond acceptors (Lipinski definition) is 6. The molecule has 0 aliphatic rings. The predicted octanol–water partition coefficient (Wildman–Crippen LogP) is 2.47. The molecule has 0 saturated carbocycles. The second kappa shape index (κ2) is 6.62. The number of esters is 2. The number of rotatable bonds is 5. The van der Waals surface area contributed by atoms with Crippen LogP contribution < -0.4 is 0 Å². The smallest absolute Gasteiger partial charge is 0.337 e. The highest BCUT2D eigenvalue weighted by atomic mass is 32.1. The maximum atomic E-state index is 11.9. The third-order valence-corrected chi connectivity index (χ3v) is 4.01. The summed E-state index contributed by atoms with van der Waals surface area (Å²) in [5.74, 6) is -0.735. The molecule has 0 unspecified atom stereocenters. The molecule has 118 valence electrons. The molecule has 6 nitrogen and oxygen atoms in total. The second-order valence-electron chi connectivity index (χ2n) is 4.85. The molecule has 3 aromatic rings. The Balaban J connectivity index is 1.54. The molecule has 0 fully saturated rings. The number of nitrogens with zero attached hydrogens (tertiary/aromatic N) is 2. The van der Waals surface area contributed by atoms with E-state index in [0.717, 1.165) is 10.5 Å². The van der Waals surface area contributed by atoms with Crippen LogP contribution >= 0.6 is 11.3 Å². The first-order valence-electron chi connectivity index (χ1n) is 6.89. The lowest BCUT2D eigenvalue weighted by Gasteiger charge is -2.05. The Labute approximate surface area is 136 Å². The van der Waals surface area contributed by atoms with Crippen molar-refractivity contribution in [3.8, 4) is 0 Å². The van der Waals surface area contributed by atoms with Gasteiger partial charge in [0.1, 0.15) is 6.61 Å². The van der Waals surface area contributed by atoms with Crippen LogP contribution in [0, 0.1) is 0 Å². The number of imidazole rings is 1. The highest BCUT2D eigenvalue weighted by Crippen LogP contribution is 2.12. The first-order valence-corrected chi connectivity index (χ1v) is 7.77. The zero-order valence-electron chi connectivity index (χ0n) is 12.4. The van der Waals surface area contributed by atoms with Crippen LogP contribution in [0.15, 0.2) is 42.0 Å². The van der Waals surface area contributed by atoms with Gasteiger partial charge in [-0.15, -0.1) is 11.3 Å². The first kappa shape index (κ1) is 15.2. The molecule has 2 heterocycles. The zero-order valence-corrected chi connectivity index (χ0v) is 13.2. The summed E-state index contributed by atoms with van der Waals surface area (Å²) in [7, 11) is 1.33. The molecule has 3 rings (SSSR count). The average Bonchev–Trinajstić information content (AvgIpc) is 3.14. The fraction of sp³-hybridized carbons (Fsp3) is 0.188. The quantitative estimate of drug-likeness (QED) is 0.672. The number of carbonyl (C=O) groups is 2. The van der Waals surface area contributed by atoms with Crippen molar-refractivity contribution >= 4 is 28.2 Å². The van der Waals surface area contributed by atoms with Gasteiger partial charge in [-0.1, -0.05) is 12.1 Å². The van der Waals surface area contributed by atoms with Crippen LogP contribution in [-0.4, -0.2) is 28.4 Å². The van der Waals surface area contributed by atoms with E-state index in [1.54, 1.807) is 24.3 Å². The zero-order chi connectivity index (χ0) is 16.2. The molecular formula is C16H14N2O4S. The maximum absolute atomic E-state index is 11.9. The van der Waals surface area contributed by atoms with E-state index in [-0.39, 0.29) is 19.0 Å². The van der Waals surface area contributed by atoms with Crippen LogP contribution in [0.2, 0.25) is 0 Å². The van der Waals surface area contributed by atoms with Gasteiger partial charge in [-0.3, -0.25) is 9.20 Å². The molecule has 0 aliphatic heterocycles. The van der Waals surface area contributed by atoms with E-state index in [4.69, 9.17) is 4.74 Å². The van der Waals surface area contributed by atoms with E-state index in [2.05, 4.69) is 9.72 Å². The van der Waals surface area contributed by atoms with Crippen molar-refractivity contribution in [3.63, 3.8) is 0 Å². The lowest BCUT2D eigenvalue weighted by molar-refractivity contribution is -0.144. The summed E-state index contributed by atoms with van der Waals surface area (Å²) in [5, 5.41) is 1.93. The van der Waals surface area contributed by atoms with Gasteiger partial charge in [0, 0.05) is 17.8 Å². The maximum Gasteiger partial charge on any atom is 0.337 e.